The first-order chi connectivity index (χ1) is 13.5. The molecule has 0 aliphatic heterocycles. The normalized spacial score (nSPS) is 11.6. The Hall–Kier alpha value is -4.01. The first-order valence-corrected chi connectivity index (χ1v) is 8.32. The summed E-state index contributed by atoms with van der Waals surface area (Å²) in [5.41, 5.74) is 6.83. The van der Waals surface area contributed by atoms with Crippen LogP contribution in [0.25, 0.3) is 16.9 Å². The van der Waals surface area contributed by atoms with E-state index in [4.69, 9.17) is 10.5 Å². The topological polar surface area (TPSA) is 126 Å². The van der Waals surface area contributed by atoms with Gasteiger partial charge in [-0.05, 0) is 24.3 Å². The molecule has 1 atom stereocenters. The van der Waals surface area contributed by atoms with Gasteiger partial charge in [-0.25, -0.2) is 9.48 Å². The molecule has 9 heteroatoms. The Morgan fingerprint density at radius 1 is 1.36 bits per heavy atom. The van der Waals surface area contributed by atoms with Gasteiger partial charge in [-0.3, -0.25) is 15.1 Å². The van der Waals surface area contributed by atoms with Crippen LogP contribution in [0.3, 0.4) is 0 Å². The zero-order valence-electron chi connectivity index (χ0n) is 14.8. The number of carbonyl (C=O) groups is 1. The van der Waals surface area contributed by atoms with E-state index in [0.29, 0.717) is 23.4 Å². The molecule has 28 heavy (non-hydrogen) atoms. The number of benzene rings is 1. The number of primary amides is 1. The van der Waals surface area contributed by atoms with Crippen molar-refractivity contribution >= 4 is 11.8 Å². The molecule has 0 aliphatic rings. The van der Waals surface area contributed by atoms with Gasteiger partial charge in [0.2, 0.25) is 0 Å². The lowest BCUT2D eigenvalue weighted by Gasteiger charge is -2.15. The summed E-state index contributed by atoms with van der Waals surface area (Å²) < 4.78 is 6.57. The highest BCUT2D eigenvalue weighted by atomic mass is 16.6. The predicted molar refractivity (Wildman–Crippen MR) is 102 cm³/mol. The van der Waals surface area contributed by atoms with Crippen LogP contribution >= 0.6 is 0 Å². The minimum atomic E-state index is -0.945. The predicted octanol–water partition coefficient (Wildman–Crippen LogP) is 3.56. The number of nitro groups is 1. The van der Waals surface area contributed by atoms with Crippen LogP contribution in [0.15, 0.2) is 67.5 Å². The largest absolute Gasteiger partial charge is 0.440 e. The van der Waals surface area contributed by atoms with Crippen LogP contribution in [0, 0.1) is 10.1 Å². The summed E-state index contributed by atoms with van der Waals surface area (Å²) >= 11 is 0. The fourth-order valence-electron chi connectivity index (χ4n) is 2.80. The highest BCUT2D eigenvalue weighted by molar-refractivity contribution is 5.72. The van der Waals surface area contributed by atoms with E-state index < -0.39 is 17.1 Å². The Bertz CT molecular complexity index is 1020. The van der Waals surface area contributed by atoms with Gasteiger partial charge in [0.15, 0.2) is 5.69 Å². The molecular weight excluding hydrogens is 362 g/mol. The minimum absolute atomic E-state index is 0.155. The Morgan fingerprint density at radius 2 is 2.11 bits per heavy atom. The van der Waals surface area contributed by atoms with Crippen molar-refractivity contribution in [1.82, 2.24) is 14.8 Å². The van der Waals surface area contributed by atoms with Gasteiger partial charge in [0.25, 0.3) is 0 Å². The van der Waals surface area contributed by atoms with E-state index >= 15 is 0 Å². The molecule has 0 saturated heterocycles. The summed E-state index contributed by atoms with van der Waals surface area (Å²) in [7, 11) is 0. The molecule has 9 nitrogen and oxygen atoms in total. The molecular formula is C19H17N5O4. The van der Waals surface area contributed by atoms with E-state index in [2.05, 4.69) is 16.7 Å². The third-order valence-electron chi connectivity index (χ3n) is 3.97. The second-order valence-corrected chi connectivity index (χ2v) is 5.80. The van der Waals surface area contributed by atoms with Crippen molar-refractivity contribution in [2.24, 2.45) is 5.73 Å². The average molecular weight is 379 g/mol. The summed E-state index contributed by atoms with van der Waals surface area (Å²) in [6.07, 6.45) is 2.85. The van der Waals surface area contributed by atoms with Crippen LogP contribution in [-0.4, -0.2) is 25.8 Å². The number of aromatic nitrogens is 3. The van der Waals surface area contributed by atoms with Gasteiger partial charge in [0, 0.05) is 18.2 Å². The number of amides is 1. The molecule has 0 radical (unpaired) electrons. The third kappa shape index (κ3) is 3.88. The van der Waals surface area contributed by atoms with Gasteiger partial charge in [0.05, 0.1) is 16.3 Å². The number of nitrogens with two attached hydrogens (primary N) is 1. The highest BCUT2D eigenvalue weighted by Gasteiger charge is 2.25. The number of para-hydroxylation sites is 1. The van der Waals surface area contributed by atoms with Gasteiger partial charge in [-0.1, -0.05) is 24.3 Å². The quantitative estimate of drug-likeness (QED) is 0.380. The van der Waals surface area contributed by atoms with Crippen LogP contribution in [-0.2, 0) is 4.74 Å². The summed E-state index contributed by atoms with van der Waals surface area (Å²) in [4.78, 5) is 26.5. The van der Waals surface area contributed by atoms with E-state index in [0.717, 1.165) is 0 Å². The Balaban J connectivity index is 2.13. The third-order valence-corrected chi connectivity index (χ3v) is 3.97. The van der Waals surface area contributed by atoms with E-state index in [1.165, 1.54) is 17.1 Å². The molecule has 2 aromatic heterocycles. The molecule has 0 aliphatic carbocycles. The lowest BCUT2D eigenvalue weighted by Crippen LogP contribution is -2.18. The maximum absolute atomic E-state index is 11.5. The van der Waals surface area contributed by atoms with Gasteiger partial charge in [0.1, 0.15) is 12.3 Å². The first kappa shape index (κ1) is 18.8. The van der Waals surface area contributed by atoms with Gasteiger partial charge < -0.3 is 10.5 Å². The molecule has 2 N–H and O–H groups in total. The molecule has 0 spiro atoms. The van der Waals surface area contributed by atoms with Crippen LogP contribution in [0.4, 0.5) is 10.5 Å². The SMILES string of the molecule is C=CCC(OC(N)=O)c1cc(-c2c([N+](=O)[O-])cnn2-c2ccccc2)ccn1. The molecule has 3 aromatic rings. The van der Waals surface area contributed by atoms with Crippen molar-refractivity contribution in [3.8, 4) is 16.9 Å². The number of hydrogen-bond acceptors (Lipinski definition) is 6. The fourth-order valence-corrected chi connectivity index (χ4v) is 2.80. The summed E-state index contributed by atoms with van der Waals surface area (Å²) in [5.74, 6) is 0. The summed E-state index contributed by atoms with van der Waals surface area (Å²) in [6, 6.07) is 12.3. The van der Waals surface area contributed by atoms with Crippen LogP contribution < -0.4 is 5.73 Å². The molecule has 3 rings (SSSR count). The van der Waals surface area contributed by atoms with Crippen molar-refractivity contribution in [3.05, 3.63) is 83.3 Å². The van der Waals surface area contributed by atoms with E-state index in [1.807, 2.05) is 18.2 Å². The number of rotatable bonds is 7. The van der Waals surface area contributed by atoms with Gasteiger partial charge >= 0.3 is 11.8 Å². The standard InChI is InChI=1S/C19H17N5O4/c1-2-6-17(28-19(20)25)15-11-13(9-10-21-15)18-16(24(26)27)12-22-23(18)14-7-4-3-5-8-14/h2-5,7-12,17H,1,6H2,(H2,20,25). The minimum Gasteiger partial charge on any atom is -0.440 e. The lowest BCUT2D eigenvalue weighted by molar-refractivity contribution is -0.384. The first-order valence-electron chi connectivity index (χ1n) is 8.32. The second kappa shape index (κ2) is 8.12. The molecule has 0 bridgehead atoms. The zero-order valence-corrected chi connectivity index (χ0v) is 14.8. The van der Waals surface area contributed by atoms with Crippen molar-refractivity contribution in [2.75, 3.05) is 0 Å². The van der Waals surface area contributed by atoms with Crippen molar-refractivity contribution in [2.45, 2.75) is 12.5 Å². The number of pyridine rings is 1. The smallest absolute Gasteiger partial charge is 0.405 e. The Labute approximate surface area is 160 Å². The van der Waals surface area contributed by atoms with Crippen molar-refractivity contribution in [3.63, 3.8) is 0 Å². The van der Waals surface area contributed by atoms with Crippen molar-refractivity contribution < 1.29 is 14.5 Å². The molecule has 1 amide bonds. The zero-order chi connectivity index (χ0) is 20.1. The lowest BCUT2D eigenvalue weighted by atomic mass is 10.1. The van der Waals surface area contributed by atoms with Crippen molar-refractivity contribution in [1.29, 1.82) is 0 Å². The summed E-state index contributed by atoms with van der Waals surface area (Å²) in [5, 5.41) is 15.7. The average Bonchev–Trinajstić information content (AvgIpc) is 3.14. The fraction of sp³-hybridized carbons (Fsp3) is 0.105. The van der Waals surface area contributed by atoms with Gasteiger partial charge in [-0.2, -0.15) is 5.10 Å². The number of nitrogens with zero attached hydrogens (tertiary/aromatic N) is 4. The molecule has 1 aromatic carbocycles. The molecule has 0 saturated carbocycles. The van der Waals surface area contributed by atoms with Crippen LogP contribution in [0.5, 0.6) is 0 Å². The molecule has 142 valence electrons. The number of carbonyl (C=O) groups excluding carboxylic acids is 1. The van der Waals surface area contributed by atoms with Gasteiger partial charge in [-0.15, -0.1) is 6.58 Å². The maximum atomic E-state index is 11.5. The van der Waals surface area contributed by atoms with Crippen LogP contribution in [0.2, 0.25) is 0 Å². The second-order valence-electron chi connectivity index (χ2n) is 5.80. The molecule has 1 unspecified atom stereocenters. The number of hydrogen-bond donors (Lipinski definition) is 1. The summed E-state index contributed by atoms with van der Waals surface area (Å²) in [6.45, 7) is 3.63. The van der Waals surface area contributed by atoms with E-state index in [9.17, 15) is 14.9 Å². The van der Waals surface area contributed by atoms with E-state index in [-0.39, 0.29) is 11.4 Å². The monoisotopic (exact) mass is 379 g/mol. The number of ether oxygens (including phenoxy) is 1. The molecule has 2 heterocycles. The Morgan fingerprint density at radius 3 is 2.75 bits per heavy atom. The Kier molecular flexibility index (Phi) is 5.45. The van der Waals surface area contributed by atoms with E-state index in [1.54, 1.807) is 30.3 Å². The van der Waals surface area contributed by atoms with Crippen LogP contribution in [0.1, 0.15) is 18.2 Å². The molecule has 0 fully saturated rings. The highest BCUT2D eigenvalue weighted by Crippen LogP contribution is 2.33. The maximum Gasteiger partial charge on any atom is 0.405 e.